The quantitative estimate of drug-likeness (QED) is 0.884. The van der Waals surface area contributed by atoms with Crippen LogP contribution in [0.25, 0.3) is 0 Å². The van der Waals surface area contributed by atoms with Gasteiger partial charge in [0.1, 0.15) is 0 Å². The molecule has 0 radical (unpaired) electrons. The van der Waals surface area contributed by atoms with Crippen molar-refractivity contribution in [3.63, 3.8) is 0 Å². The van der Waals surface area contributed by atoms with Crippen LogP contribution in [0.3, 0.4) is 0 Å². The highest BCUT2D eigenvalue weighted by atomic mass is 79.9. The second kappa shape index (κ2) is 7.07. The van der Waals surface area contributed by atoms with E-state index in [-0.39, 0.29) is 0 Å². The van der Waals surface area contributed by atoms with Crippen LogP contribution in [0, 0.1) is 5.92 Å². The normalized spacial score (nSPS) is 24.6. The van der Waals surface area contributed by atoms with Gasteiger partial charge in [0, 0.05) is 15.5 Å². The number of rotatable bonds is 4. The molecule has 0 spiro atoms. The van der Waals surface area contributed by atoms with E-state index in [0.717, 1.165) is 22.6 Å². The van der Waals surface area contributed by atoms with Gasteiger partial charge < -0.3 is 5.32 Å². The summed E-state index contributed by atoms with van der Waals surface area (Å²) in [7, 11) is 2.23. The molecule has 1 fully saturated rings. The predicted molar refractivity (Wildman–Crippen MR) is 85.8 cm³/mol. The number of nitrogens with zero attached hydrogens (tertiary/aromatic N) is 1. The lowest BCUT2D eigenvalue weighted by atomic mass is 9.85. The Labute approximate surface area is 129 Å². The first-order chi connectivity index (χ1) is 9.13. The first-order valence-electron chi connectivity index (χ1n) is 6.99. The predicted octanol–water partition coefficient (Wildman–Crippen LogP) is 4.09. The van der Waals surface area contributed by atoms with Gasteiger partial charge in [-0.25, -0.2) is 0 Å². The maximum atomic E-state index is 6.06. The molecular weight excluding hydrogens is 324 g/mol. The van der Waals surface area contributed by atoms with Crippen LogP contribution in [0.15, 0.2) is 22.7 Å². The van der Waals surface area contributed by atoms with Crippen LogP contribution >= 0.6 is 27.5 Å². The van der Waals surface area contributed by atoms with E-state index in [9.17, 15) is 0 Å². The van der Waals surface area contributed by atoms with Gasteiger partial charge >= 0.3 is 0 Å². The van der Waals surface area contributed by atoms with Gasteiger partial charge in [0.05, 0.1) is 0 Å². The average molecular weight is 346 g/mol. The molecule has 0 bridgehead atoms. The third kappa shape index (κ3) is 3.72. The molecule has 2 atom stereocenters. The standard InChI is InChI=1S/C15H22BrClN2/c1-3-18-10-11-5-4-8-19(2)15(11)13-7-6-12(17)9-14(13)16/h6-7,9,11,15,18H,3-5,8,10H2,1-2H3. The minimum absolute atomic E-state index is 0.472. The fourth-order valence-electron chi connectivity index (χ4n) is 3.04. The van der Waals surface area contributed by atoms with E-state index in [4.69, 9.17) is 11.6 Å². The van der Waals surface area contributed by atoms with E-state index < -0.39 is 0 Å². The van der Waals surface area contributed by atoms with Gasteiger partial charge in [-0.3, -0.25) is 4.90 Å². The Morgan fingerprint density at radius 1 is 1.47 bits per heavy atom. The van der Waals surface area contributed by atoms with E-state index in [1.165, 1.54) is 24.9 Å². The van der Waals surface area contributed by atoms with Gasteiger partial charge in [-0.1, -0.05) is 40.5 Å². The zero-order valence-electron chi connectivity index (χ0n) is 11.6. The molecule has 1 N–H and O–H groups in total. The molecule has 0 saturated carbocycles. The third-order valence-corrected chi connectivity index (χ3v) is 4.87. The summed E-state index contributed by atoms with van der Waals surface area (Å²) in [6.07, 6.45) is 2.57. The second-order valence-electron chi connectivity index (χ2n) is 5.30. The summed E-state index contributed by atoms with van der Waals surface area (Å²) >= 11 is 9.73. The summed E-state index contributed by atoms with van der Waals surface area (Å²) in [5.74, 6) is 0.663. The summed E-state index contributed by atoms with van der Waals surface area (Å²) in [6, 6.07) is 6.63. The van der Waals surface area contributed by atoms with Gasteiger partial charge in [0.2, 0.25) is 0 Å². The van der Waals surface area contributed by atoms with Crippen LogP contribution in [0.5, 0.6) is 0 Å². The summed E-state index contributed by atoms with van der Waals surface area (Å²) in [4.78, 5) is 2.47. The SMILES string of the molecule is CCNCC1CCCN(C)C1c1ccc(Cl)cc1Br. The van der Waals surface area contributed by atoms with Crippen molar-refractivity contribution in [1.29, 1.82) is 0 Å². The molecule has 19 heavy (non-hydrogen) atoms. The number of likely N-dealkylation sites (tertiary alicyclic amines) is 1. The third-order valence-electron chi connectivity index (χ3n) is 3.94. The molecule has 0 aromatic heterocycles. The number of benzene rings is 1. The highest BCUT2D eigenvalue weighted by molar-refractivity contribution is 9.10. The van der Waals surface area contributed by atoms with Gasteiger partial charge in [-0.05, 0) is 63.1 Å². The van der Waals surface area contributed by atoms with Crippen molar-refractivity contribution in [2.24, 2.45) is 5.92 Å². The lowest BCUT2D eigenvalue weighted by Crippen LogP contribution is -2.40. The van der Waals surface area contributed by atoms with Crippen molar-refractivity contribution < 1.29 is 0 Å². The van der Waals surface area contributed by atoms with Crippen molar-refractivity contribution >= 4 is 27.5 Å². The highest BCUT2D eigenvalue weighted by Crippen LogP contribution is 2.38. The smallest absolute Gasteiger partial charge is 0.0417 e. The largest absolute Gasteiger partial charge is 0.317 e. The van der Waals surface area contributed by atoms with E-state index >= 15 is 0 Å². The van der Waals surface area contributed by atoms with Gasteiger partial charge in [-0.2, -0.15) is 0 Å². The molecule has 2 nitrogen and oxygen atoms in total. The molecule has 0 aliphatic carbocycles. The monoisotopic (exact) mass is 344 g/mol. The molecule has 4 heteroatoms. The molecule has 1 saturated heterocycles. The Bertz CT molecular complexity index is 425. The minimum Gasteiger partial charge on any atom is -0.317 e. The molecule has 1 heterocycles. The van der Waals surface area contributed by atoms with Crippen LogP contribution < -0.4 is 5.32 Å². The van der Waals surface area contributed by atoms with E-state index in [1.807, 2.05) is 12.1 Å². The summed E-state index contributed by atoms with van der Waals surface area (Å²) in [5, 5.41) is 4.29. The molecular formula is C15H22BrClN2. The molecule has 1 aliphatic heterocycles. The Morgan fingerprint density at radius 3 is 2.95 bits per heavy atom. The van der Waals surface area contributed by atoms with Gasteiger partial charge in [0.25, 0.3) is 0 Å². The van der Waals surface area contributed by atoms with E-state index in [0.29, 0.717) is 12.0 Å². The zero-order chi connectivity index (χ0) is 13.8. The fourth-order valence-corrected chi connectivity index (χ4v) is 3.95. The first kappa shape index (κ1) is 15.3. The first-order valence-corrected chi connectivity index (χ1v) is 8.16. The van der Waals surface area contributed by atoms with Crippen molar-refractivity contribution in [2.75, 3.05) is 26.7 Å². The Balaban J connectivity index is 2.25. The second-order valence-corrected chi connectivity index (χ2v) is 6.59. The average Bonchev–Trinajstić information content (AvgIpc) is 2.37. The maximum absolute atomic E-state index is 6.06. The summed E-state index contributed by atoms with van der Waals surface area (Å²) < 4.78 is 1.13. The summed E-state index contributed by atoms with van der Waals surface area (Å²) in [6.45, 7) is 5.46. The molecule has 0 amide bonds. The minimum atomic E-state index is 0.472. The molecule has 1 aromatic carbocycles. The van der Waals surface area contributed by atoms with Crippen molar-refractivity contribution in [3.05, 3.63) is 33.3 Å². The molecule has 2 unspecified atom stereocenters. The van der Waals surface area contributed by atoms with Gasteiger partial charge in [-0.15, -0.1) is 0 Å². The van der Waals surface area contributed by atoms with Crippen molar-refractivity contribution in [2.45, 2.75) is 25.8 Å². The lowest BCUT2D eigenvalue weighted by Gasteiger charge is -2.40. The van der Waals surface area contributed by atoms with Crippen LogP contribution in [0.4, 0.5) is 0 Å². The van der Waals surface area contributed by atoms with Crippen molar-refractivity contribution in [1.82, 2.24) is 10.2 Å². The number of piperidine rings is 1. The zero-order valence-corrected chi connectivity index (χ0v) is 14.0. The fraction of sp³-hybridized carbons (Fsp3) is 0.600. The molecule has 2 rings (SSSR count). The number of halogens is 2. The van der Waals surface area contributed by atoms with Crippen LogP contribution in [-0.2, 0) is 0 Å². The van der Waals surface area contributed by atoms with Crippen LogP contribution in [0.2, 0.25) is 5.02 Å². The molecule has 1 aromatic rings. The van der Waals surface area contributed by atoms with Crippen molar-refractivity contribution in [3.8, 4) is 0 Å². The van der Waals surface area contributed by atoms with E-state index in [2.05, 4.69) is 46.2 Å². The Kier molecular flexibility index (Phi) is 5.70. The lowest BCUT2D eigenvalue weighted by molar-refractivity contribution is 0.119. The topological polar surface area (TPSA) is 15.3 Å². The molecule has 1 aliphatic rings. The molecule has 106 valence electrons. The van der Waals surface area contributed by atoms with Crippen LogP contribution in [-0.4, -0.2) is 31.6 Å². The Morgan fingerprint density at radius 2 is 2.26 bits per heavy atom. The van der Waals surface area contributed by atoms with Gasteiger partial charge in [0.15, 0.2) is 0 Å². The number of nitrogens with one attached hydrogen (secondary N) is 1. The number of hydrogen-bond acceptors (Lipinski definition) is 2. The van der Waals surface area contributed by atoms with Crippen LogP contribution in [0.1, 0.15) is 31.4 Å². The maximum Gasteiger partial charge on any atom is 0.0417 e. The number of hydrogen-bond donors (Lipinski definition) is 1. The Hall–Kier alpha value is -0.0900. The van der Waals surface area contributed by atoms with E-state index in [1.54, 1.807) is 0 Å². The summed E-state index contributed by atoms with van der Waals surface area (Å²) in [5.41, 5.74) is 1.36. The highest BCUT2D eigenvalue weighted by Gasteiger charge is 2.31.